The topological polar surface area (TPSA) is 41.1 Å². The van der Waals surface area contributed by atoms with E-state index < -0.39 is 0 Å². The maximum atomic E-state index is 4.51. The van der Waals surface area contributed by atoms with Crippen LogP contribution in [-0.2, 0) is 19.5 Å². The first kappa shape index (κ1) is 13.1. The molecule has 0 saturated carbocycles. The number of fused-ring (bicyclic) bond motifs is 1. The fourth-order valence-electron chi connectivity index (χ4n) is 2.68. The molecule has 20 heavy (non-hydrogen) atoms. The number of aromatic nitrogens is 2. The van der Waals surface area contributed by atoms with Crippen molar-refractivity contribution in [3.05, 3.63) is 53.3 Å². The highest BCUT2D eigenvalue weighted by Crippen LogP contribution is 2.21. The summed E-state index contributed by atoms with van der Waals surface area (Å²) in [6, 6.07) is 8.68. The summed E-state index contributed by atoms with van der Waals surface area (Å²) in [6.45, 7) is 2.73. The van der Waals surface area contributed by atoms with Crippen molar-refractivity contribution in [2.75, 3.05) is 18.5 Å². The molecule has 4 nitrogen and oxygen atoms in total. The van der Waals surface area contributed by atoms with Gasteiger partial charge in [-0.3, -0.25) is 0 Å². The Morgan fingerprint density at radius 2 is 1.90 bits per heavy atom. The molecule has 1 aromatic heterocycles. The van der Waals surface area contributed by atoms with Crippen molar-refractivity contribution in [3.63, 3.8) is 0 Å². The number of aryl methyl sites for hydroxylation is 1. The average molecular weight is 268 g/mol. The van der Waals surface area contributed by atoms with Gasteiger partial charge in [-0.05, 0) is 31.0 Å². The monoisotopic (exact) mass is 268 g/mol. The summed E-state index contributed by atoms with van der Waals surface area (Å²) < 4.78 is 0. The number of anilines is 1. The summed E-state index contributed by atoms with van der Waals surface area (Å²) in [5, 5.41) is 3.11. The molecule has 1 aliphatic heterocycles. The Kier molecular flexibility index (Phi) is 3.92. The van der Waals surface area contributed by atoms with Crippen LogP contribution in [0.3, 0.4) is 0 Å². The van der Waals surface area contributed by atoms with E-state index in [1.807, 2.05) is 19.4 Å². The molecule has 0 aliphatic carbocycles. The first-order valence-electron chi connectivity index (χ1n) is 7.14. The number of nitrogens with one attached hydrogen (secondary N) is 1. The summed E-state index contributed by atoms with van der Waals surface area (Å²) in [4.78, 5) is 11.3. The summed E-state index contributed by atoms with van der Waals surface area (Å²) in [5.74, 6) is 0.835. The van der Waals surface area contributed by atoms with Crippen molar-refractivity contribution in [1.82, 2.24) is 15.3 Å². The largest absolute Gasteiger partial charge is 0.336 e. The molecule has 0 unspecified atom stereocenters. The van der Waals surface area contributed by atoms with Gasteiger partial charge in [0.05, 0.1) is 0 Å². The molecular formula is C16H20N4. The van der Waals surface area contributed by atoms with E-state index in [-0.39, 0.29) is 0 Å². The maximum absolute atomic E-state index is 4.51. The quantitative estimate of drug-likeness (QED) is 0.926. The van der Waals surface area contributed by atoms with Crippen molar-refractivity contribution in [3.8, 4) is 0 Å². The Balaban J connectivity index is 1.80. The van der Waals surface area contributed by atoms with Crippen molar-refractivity contribution >= 4 is 5.95 Å². The second-order valence-corrected chi connectivity index (χ2v) is 5.22. The predicted octanol–water partition coefficient (Wildman–Crippen LogP) is 2.15. The van der Waals surface area contributed by atoms with Gasteiger partial charge >= 0.3 is 0 Å². The second kappa shape index (κ2) is 6.01. The normalized spacial score (nSPS) is 14.8. The van der Waals surface area contributed by atoms with Crippen molar-refractivity contribution in [1.29, 1.82) is 0 Å². The third kappa shape index (κ3) is 2.80. The number of rotatable bonds is 3. The highest BCUT2D eigenvalue weighted by molar-refractivity contribution is 5.37. The van der Waals surface area contributed by atoms with E-state index in [1.165, 1.54) is 11.1 Å². The minimum atomic E-state index is 0.809. The summed E-state index contributed by atoms with van der Waals surface area (Å²) in [6.07, 6.45) is 6.12. The molecule has 1 aliphatic rings. The molecule has 0 bridgehead atoms. The van der Waals surface area contributed by atoms with Crippen LogP contribution in [0.25, 0.3) is 0 Å². The molecule has 0 saturated heterocycles. The number of hydrogen-bond acceptors (Lipinski definition) is 4. The van der Waals surface area contributed by atoms with Crippen LogP contribution in [0.15, 0.2) is 36.7 Å². The Morgan fingerprint density at radius 3 is 2.65 bits per heavy atom. The highest BCUT2D eigenvalue weighted by atomic mass is 15.2. The van der Waals surface area contributed by atoms with E-state index in [1.54, 1.807) is 0 Å². The van der Waals surface area contributed by atoms with Crippen molar-refractivity contribution in [2.45, 2.75) is 25.9 Å². The third-order valence-corrected chi connectivity index (χ3v) is 3.71. The van der Waals surface area contributed by atoms with Crippen LogP contribution in [0, 0.1) is 0 Å². The smallest absolute Gasteiger partial charge is 0.225 e. The van der Waals surface area contributed by atoms with Gasteiger partial charge in [0.1, 0.15) is 0 Å². The molecule has 0 radical (unpaired) electrons. The zero-order valence-corrected chi connectivity index (χ0v) is 11.8. The molecule has 2 aromatic rings. The molecule has 0 spiro atoms. The molecule has 0 amide bonds. The Morgan fingerprint density at radius 1 is 1.15 bits per heavy atom. The summed E-state index contributed by atoms with van der Waals surface area (Å²) >= 11 is 0. The number of benzene rings is 1. The van der Waals surface area contributed by atoms with E-state index in [0.29, 0.717) is 0 Å². The lowest BCUT2D eigenvalue weighted by atomic mass is 10.0. The minimum absolute atomic E-state index is 0.809. The first-order valence-corrected chi connectivity index (χ1v) is 7.14. The maximum Gasteiger partial charge on any atom is 0.225 e. The molecular weight excluding hydrogens is 248 g/mol. The van der Waals surface area contributed by atoms with Gasteiger partial charge in [-0.1, -0.05) is 24.3 Å². The van der Waals surface area contributed by atoms with E-state index in [2.05, 4.69) is 44.5 Å². The number of hydrogen-bond donors (Lipinski definition) is 1. The van der Waals surface area contributed by atoms with Gasteiger partial charge in [0.15, 0.2) is 0 Å². The summed E-state index contributed by atoms with van der Waals surface area (Å²) in [7, 11) is 1.93. The molecule has 3 rings (SSSR count). The van der Waals surface area contributed by atoms with Gasteiger partial charge in [0.2, 0.25) is 5.95 Å². The van der Waals surface area contributed by atoms with Crippen LogP contribution in [0.5, 0.6) is 0 Å². The van der Waals surface area contributed by atoms with E-state index >= 15 is 0 Å². The molecule has 0 atom stereocenters. The lowest BCUT2D eigenvalue weighted by Crippen LogP contribution is -2.24. The van der Waals surface area contributed by atoms with Crippen LogP contribution in [0.1, 0.15) is 23.1 Å². The fraction of sp³-hybridized carbons (Fsp3) is 0.375. The van der Waals surface area contributed by atoms with Gasteiger partial charge in [-0.15, -0.1) is 0 Å². The van der Waals surface area contributed by atoms with E-state index in [4.69, 9.17) is 0 Å². The molecule has 2 heterocycles. The van der Waals surface area contributed by atoms with Crippen molar-refractivity contribution < 1.29 is 0 Å². The SMILES string of the molecule is CNCc1cnc(N2CCCc3ccccc3C2)nc1. The highest BCUT2D eigenvalue weighted by Gasteiger charge is 2.16. The Labute approximate surface area is 119 Å². The van der Waals surface area contributed by atoms with Gasteiger partial charge in [0.25, 0.3) is 0 Å². The second-order valence-electron chi connectivity index (χ2n) is 5.22. The average Bonchev–Trinajstić information content (AvgIpc) is 2.70. The summed E-state index contributed by atoms with van der Waals surface area (Å²) in [5.41, 5.74) is 3.97. The van der Waals surface area contributed by atoms with Crippen molar-refractivity contribution in [2.24, 2.45) is 0 Å². The zero-order chi connectivity index (χ0) is 13.8. The predicted molar refractivity (Wildman–Crippen MR) is 80.6 cm³/mol. The Hall–Kier alpha value is -1.94. The standard InChI is InChI=1S/C16H20N4/c1-17-9-13-10-18-16(19-11-13)20-8-4-7-14-5-2-3-6-15(14)12-20/h2-3,5-6,10-11,17H,4,7-9,12H2,1H3. The lowest BCUT2D eigenvalue weighted by molar-refractivity contribution is 0.734. The van der Waals surface area contributed by atoms with Crippen LogP contribution in [0.4, 0.5) is 5.95 Å². The van der Waals surface area contributed by atoms with Crippen LogP contribution in [-0.4, -0.2) is 23.6 Å². The van der Waals surface area contributed by atoms with E-state index in [0.717, 1.165) is 44.0 Å². The van der Waals surface area contributed by atoms with Gasteiger partial charge in [-0.2, -0.15) is 0 Å². The van der Waals surface area contributed by atoms with Crippen LogP contribution >= 0.6 is 0 Å². The Bertz CT molecular complexity index is 565. The zero-order valence-electron chi connectivity index (χ0n) is 11.8. The van der Waals surface area contributed by atoms with E-state index in [9.17, 15) is 0 Å². The van der Waals surface area contributed by atoms with Crippen LogP contribution < -0.4 is 10.2 Å². The fourth-order valence-corrected chi connectivity index (χ4v) is 2.68. The third-order valence-electron chi connectivity index (χ3n) is 3.71. The van der Waals surface area contributed by atoms with Gasteiger partial charge in [0, 0.05) is 37.6 Å². The molecule has 4 heteroatoms. The minimum Gasteiger partial charge on any atom is -0.336 e. The van der Waals surface area contributed by atoms with Gasteiger partial charge < -0.3 is 10.2 Å². The lowest BCUT2D eigenvalue weighted by Gasteiger charge is -2.20. The van der Waals surface area contributed by atoms with Gasteiger partial charge in [-0.25, -0.2) is 9.97 Å². The van der Waals surface area contributed by atoms with Crippen LogP contribution in [0.2, 0.25) is 0 Å². The first-order chi connectivity index (χ1) is 9.86. The molecule has 1 aromatic carbocycles. The molecule has 0 fully saturated rings. The molecule has 1 N–H and O–H groups in total. The molecule has 104 valence electrons. The number of nitrogens with zero attached hydrogens (tertiary/aromatic N) is 3.